The number of nitrogens with one attached hydrogen (secondary N) is 1. The molecular formula is C39H39N3O7S2. The summed E-state index contributed by atoms with van der Waals surface area (Å²) in [5.74, 6) is -2.35. The largest absolute Gasteiger partial charge is 0.484 e. The van der Waals surface area contributed by atoms with E-state index in [1.807, 2.05) is 79.4 Å². The summed E-state index contributed by atoms with van der Waals surface area (Å²) in [6, 6.07) is 32.5. The lowest BCUT2D eigenvalue weighted by Crippen LogP contribution is -2.70. The third kappa shape index (κ3) is 7.38. The summed E-state index contributed by atoms with van der Waals surface area (Å²) in [5, 5.41) is 12.4. The lowest BCUT2D eigenvalue weighted by Gasteiger charge is -2.49. The fraction of sp³-hybridized carbons (Fsp3) is 0.256. The first-order valence-corrected chi connectivity index (χ1v) is 19.5. The Morgan fingerprint density at radius 3 is 1.92 bits per heavy atom. The van der Waals surface area contributed by atoms with Crippen LogP contribution in [-0.4, -0.2) is 72.2 Å². The number of allylic oxidation sites excluding steroid dienone is 1. The van der Waals surface area contributed by atoms with Gasteiger partial charge in [-0.15, -0.1) is 0 Å². The molecule has 4 aromatic rings. The average Bonchev–Trinajstić information content (AvgIpc) is 3.68. The van der Waals surface area contributed by atoms with Gasteiger partial charge in [-0.05, 0) is 62.1 Å². The van der Waals surface area contributed by atoms with Crippen LogP contribution in [0.15, 0.2) is 132 Å². The number of nitrogens with zero attached hydrogens (tertiary/aromatic N) is 2. The Bertz CT molecular complexity index is 1980. The number of benzene rings is 4. The molecule has 0 spiro atoms. The van der Waals surface area contributed by atoms with E-state index in [1.54, 1.807) is 42.5 Å². The van der Waals surface area contributed by atoms with Crippen molar-refractivity contribution < 1.29 is 32.6 Å². The number of carboxylic acid groups (broad SMARTS) is 1. The van der Waals surface area contributed by atoms with Crippen LogP contribution < -0.4 is 10.1 Å². The minimum absolute atomic E-state index is 0.00563. The number of rotatable bonds is 13. The number of para-hydroxylation sites is 1. The van der Waals surface area contributed by atoms with Crippen LogP contribution in [0.3, 0.4) is 0 Å². The molecule has 2 amide bonds. The topological polar surface area (TPSA) is 133 Å². The molecule has 264 valence electrons. The zero-order chi connectivity index (χ0) is 36.2. The number of hydrogen-bond acceptors (Lipinski definition) is 8. The normalized spacial score (nSPS) is 18.1. The van der Waals surface area contributed by atoms with Gasteiger partial charge in [0.2, 0.25) is 8.87 Å². The smallest absolute Gasteiger partial charge is 0.354 e. The second-order valence-electron chi connectivity index (χ2n) is 12.7. The van der Waals surface area contributed by atoms with E-state index in [-0.39, 0.29) is 10.6 Å². The SMILES string of the molecule is Cc1ccc(S(=O)(=O)SC2C(NC(=O)COc3ccccc3)C(=O)N2/C(C(=O)O)=C(/N2CCCC2)C(C)(c2ccccc2)c2ccccc2)cc1. The van der Waals surface area contributed by atoms with Crippen molar-refractivity contribution in [3.8, 4) is 5.75 Å². The molecule has 2 aliphatic heterocycles. The van der Waals surface area contributed by atoms with Gasteiger partial charge in [-0.3, -0.25) is 14.5 Å². The zero-order valence-electron chi connectivity index (χ0n) is 28.3. The van der Waals surface area contributed by atoms with E-state index < -0.39 is 50.1 Å². The number of carbonyl (C=O) groups excluding carboxylic acids is 2. The lowest BCUT2D eigenvalue weighted by atomic mass is 9.72. The molecule has 0 radical (unpaired) electrons. The maximum absolute atomic E-state index is 14.3. The van der Waals surface area contributed by atoms with E-state index in [2.05, 4.69) is 5.32 Å². The van der Waals surface area contributed by atoms with E-state index in [0.29, 0.717) is 35.3 Å². The molecule has 2 unspecified atom stereocenters. The highest BCUT2D eigenvalue weighted by atomic mass is 33.1. The number of β-lactam (4-membered cyclic amide) rings is 1. The second-order valence-corrected chi connectivity index (χ2v) is 16.6. The minimum Gasteiger partial charge on any atom is -0.484 e. The number of carboxylic acids is 1. The second kappa shape index (κ2) is 15.0. The summed E-state index contributed by atoms with van der Waals surface area (Å²) >= 11 is 0. The van der Waals surface area contributed by atoms with E-state index in [1.165, 1.54) is 12.1 Å². The number of carbonyl (C=O) groups is 3. The van der Waals surface area contributed by atoms with Crippen molar-refractivity contribution in [2.24, 2.45) is 0 Å². The molecule has 0 saturated carbocycles. The quantitative estimate of drug-likeness (QED) is 0.104. The van der Waals surface area contributed by atoms with E-state index in [9.17, 15) is 27.9 Å². The number of amides is 2. The van der Waals surface area contributed by atoms with Crippen LogP contribution in [0, 0.1) is 6.92 Å². The van der Waals surface area contributed by atoms with Crippen molar-refractivity contribution in [3.05, 3.63) is 143 Å². The highest BCUT2D eigenvalue weighted by Gasteiger charge is 2.56. The van der Waals surface area contributed by atoms with Gasteiger partial charge in [-0.25, -0.2) is 13.2 Å². The Hall–Kier alpha value is -5.07. The summed E-state index contributed by atoms with van der Waals surface area (Å²) < 4.78 is 33.4. The maximum atomic E-state index is 14.3. The van der Waals surface area contributed by atoms with Crippen LogP contribution >= 0.6 is 10.8 Å². The lowest BCUT2D eigenvalue weighted by molar-refractivity contribution is -0.151. The molecule has 0 bridgehead atoms. The van der Waals surface area contributed by atoms with Gasteiger partial charge in [0, 0.05) is 23.9 Å². The van der Waals surface area contributed by atoms with E-state index >= 15 is 0 Å². The summed E-state index contributed by atoms with van der Waals surface area (Å²) in [7, 11) is -3.71. The highest BCUT2D eigenvalue weighted by Crippen LogP contribution is 2.47. The van der Waals surface area contributed by atoms with Gasteiger partial charge in [-0.1, -0.05) is 96.6 Å². The molecule has 10 nitrogen and oxygen atoms in total. The summed E-state index contributed by atoms with van der Waals surface area (Å²) in [6.07, 6.45) is 1.62. The van der Waals surface area contributed by atoms with Crippen LogP contribution in [0.5, 0.6) is 5.75 Å². The van der Waals surface area contributed by atoms with Crippen LogP contribution in [0.4, 0.5) is 0 Å². The molecular weight excluding hydrogens is 687 g/mol. The Labute approximate surface area is 301 Å². The molecule has 2 fully saturated rings. The third-order valence-electron chi connectivity index (χ3n) is 9.27. The Balaban J connectivity index is 1.48. The van der Waals surface area contributed by atoms with Gasteiger partial charge in [0.1, 0.15) is 17.2 Å². The Morgan fingerprint density at radius 2 is 1.39 bits per heavy atom. The molecule has 2 atom stereocenters. The third-order valence-corrected chi connectivity index (χ3v) is 13.0. The van der Waals surface area contributed by atoms with Crippen molar-refractivity contribution in [1.82, 2.24) is 15.1 Å². The first-order valence-electron chi connectivity index (χ1n) is 16.6. The van der Waals surface area contributed by atoms with E-state index in [4.69, 9.17) is 4.74 Å². The van der Waals surface area contributed by atoms with Crippen molar-refractivity contribution in [2.75, 3.05) is 19.7 Å². The molecule has 2 heterocycles. The maximum Gasteiger partial charge on any atom is 0.354 e. The molecule has 2 N–H and O–H groups in total. The van der Waals surface area contributed by atoms with Gasteiger partial charge in [0.15, 0.2) is 12.3 Å². The fourth-order valence-corrected chi connectivity index (χ4v) is 10.1. The van der Waals surface area contributed by atoms with E-state index in [0.717, 1.165) is 34.4 Å². The monoisotopic (exact) mass is 725 g/mol. The summed E-state index contributed by atoms with van der Waals surface area (Å²) in [4.78, 5) is 44.1. The predicted octanol–water partition coefficient (Wildman–Crippen LogP) is 5.55. The molecule has 6 rings (SSSR count). The summed E-state index contributed by atoms with van der Waals surface area (Å²) in [6.45, 7) is 4.42. The number of likely N-dealkylation sites (tertiary alicyclic amines) is 2. The van der Waals surface area contributed by atoms with Gasteiger partial charge in [-0.2, -0.15) is 0 Å². The molecule has 0 aromatic heterocycles. The number of aryl methyl sites for hydroxylation is 1. The van der Waals surface area contributed by atoms with Gasteiger partial charge >= 0.3 is 5.97 Å². The van der Waals surface area contributed by atoms with Crippen molar-refractivity contribution in [3.63, 3.8) is 0 Å². The van der Waals surface area contributed by atoms with Crippen molar-refractivity contribution in [2.45, 2.75) is 48.4 Å². The average molecular weight is 726 g/mol. The molecule has 2 aliphatic rings. The Morgan fingerprint density at radius 1 is 0.863 bits per heavy atom. The predicted molar refractivity (Wildman–Crippen MR) is 195 cm³/mol. The first-order chi connectivity index (χ1) is 24.5. The van der Waals surface area contributed by atoms with Crippen LogP contribution in [0.1, 0.15) is 36.5 Å². The van der Waals surface area contributed by atoms with Crippen molar-refractivity contribution >= 4 is 37.4 Å². The molecule has 51 heavy (non-hydrogen) atoms. The van der Waals surface area contributed by atoms with Gasteiger partial charge in [0.25, 0.3) is 11.8 Å². The first kappa shape index (κ1) is 35.7. The standard InChI is InChI=1S/C39H39N3O7S2/c1-27-20-22-31(23-21-27)51(47,48)50-37-33(40-32(43)26-49-30-18-10-5-11-19-30)36(44)42(37)34(38(45)46)35(41-24-12-13-25-41)39(2,28-14-6-3-7-15-28)29-16-8-4-9-17-29/h3-11,14-23,33,37H,12-13,24-26H2,1-2H3,(H,40,43)(H,45,46)/b35-34+. The van der Waals surface area contributed by atoms with Gasteiger partial charge < -0.3 is 20.1 Å². The minimum atomic E-state index is -4.15. The van der Waals surface area contributed by atoms with Crippen LogP contribution in [0.2, 0.25) is 0 Å². The molecule has 0 aliphatic carbocycles. The number of hydrogen-bond donors (Lipinski definition) is 2. The molecule has 2 saturated heterocycles. The fourth-order valence-electron chi connectivity index (χ4n) is 6.65. The summed E-state index contributed by atoms with van der Waals surface area (Å²) in [5.41, 5.74) is 1.40. The van der Waals surface area contributed by atoms with Crippen LogP contribution in [0.25, 0.3) is 0 Å². The van der Waals surface area contributed by atoms with Crippen LogP contribution in [-0.2, 0) is 28.7 Å². The van der Waals surface area contributed by atoms with Gasteiger partial charge in [0.05, 0.1) is 16.0 Å². The Kier molecular flexibility index (Phi) is 10.5. The number of aliphatic carboxylic acids is 1. The molecule has 4 aromatic carbocycles. The molecule has 12 heteroatoms. The zero-order valence-corrected chi connectivity index (χ0v) is 29.9. The van der Waals surface area contributed by atoms with Crippen molar-refractivity contribution in [1.29, 1.82) is 0 Å². The number of ether oxygens (including phenoxy) is 1. The highest BCUT2D eigenvalue weighted by molar-refractivity contribution is 8.72.